The molecule has 15 heavy (non-hydrogen) atoms. The number of hydrogen-bond acceptors (Lipinski definition) is 4. The Bertz CT molecular complexity index is 334. The average Bonchev–Trinajstić information content (AvgIpc) is 2.68. The zero-order valence-corrected chi connectivity index (χ0v) is 9.29. The predicted molar refractivity (Wildman–Crippen MR) is 57.3 cm³/mol. The maximum atomic E-state index is 5.71. The molecule has 1 atom stereocenters. The Balaban J connectivity index is 2.23. The van der Waals surface area contributed by atoms with Gasteiger partial charge in [0.25, 0.3) is 0 Å². The summed E-state index contributed by atoms with van der Waals surface area (Å²) in [5.74, 6) is 0.813. The third-order valence-electron chi connectivity index (χ3n) is 2.76. The number of nitrogens with zero attached hydrogens (tertiary/aromatic N) is 2. The van der Waals surface area contributed by atoms with Crippen LogP contribution >= 0.6 is 0 Å². The van der Waals surface area contributed by atoms with Crippen LogP contribution in [-0.4, -0.2) is 23.6 Å². The number of ether oxygens (including phenoxy) is 1. The first kappa shape index (κ1) is 10.5. The Kier molecular flexibility index (Phi) is 2.98. The third kappa shape index (κ3) is 2.16. The highest BCUT2D eigenvalue weighted by Crippen LogP contribution is 2.33. The van der Waals surface area contributed by atoms with E-state index in [0.29, 0.717) is 0 Å². The summed E-state index contributed by atoms with van der Waals surface area (Å²) in [6.07, 6.45) is 3.91. The number of aromatic nitrogens is 2. The molecule has 0 bridgehead atoms. The van der Waals surface area contributed by atoms with Crippen molar-refractivity contribution in [3.63, 3.8) is 0 Å². The van der Waals surface area contributed by atoms with Crippen molar-refractivity contribution in [2.75, 3.05) is 13.7 Å². The van der Waals surface area contributed by atoms with E-state index in [1.165, 1.54) is 0 Å². The first-order valence-corrected chi connectivity index (χ1v) is 5.35. The van der Waals surface area contributed by atoms with E-state index < -0.39 is 0 Å². The van der Waals surface area contributed by atoms with Crippen LogP contribution in [0.25, 0.3) is 0 Å². The molecule has 1 aromatic rings. The molecule has 1 aromatic heterocycles. The van der Waals surface area contributed by atoms with Crippen molar-refractivity contribution in [2.24, 2.45) is 0 Å². The molecule has 0 saturated carbocycles. The van der Waals surface area contributed by atoms with Gasteiger partial charge in [-0.05, 0) is 32.9 Å². The summed E-state index contributed by atoms with van der Waals surface area (Å²) >= 11 is 0. The molecule has 0 spiro atoms. The smallest absolute Gasteiger partial charge is 0.160 e. The summed E-state index contributed by atoms with van der Waals surface area (Å²) in [6, 6.07) is 1.93. The van der Waals surface area contributed by atoms with Gasteiger partial charge in [0, 0.05) is 19.3 Å². The van der Waals surface area contributed by atoms with Crippen LogP contribution < -0.4 is 5.32 Å². The molecule has 2 rings (SSSR count). The molecule has 0 aliphatic carbocycles. The lowest BCUT2D eigenvalue weighted by Crippen LogP contribution is -2.24. The van der Waals surface area contributed by atoms with Gasteiger partial charge in [-0.2, -0.15) is 0 Å². The van der Waals surface area contributed by atoms with Crippen molar-refractivity contribution in [3.05, 3.63) is 23.8 Å². The van der Waals surface area contributed by atoms with Gasteiger partial charge in [0.2, 0.25) is 0 Å². The van der Waals surface area contributed by atoms with Gasteiger partial charge < -0.3 is 10.1 Å². The Morgan fingerprint density at radius 1 is 1.60 bits per heavy atom. The Labute approximate surface area is 90.1 Å². The van der Waals surface area contributed by atoms with E-state index in [-0.39, 0.29) is 5.60 Å². The second-order valence-corrected chi connectivity index (χ2v) is 4.08. The van der Waals surface area contributed by atoms with Crippen LogP contribution in [0.1, 0.15) is 31.3 Å². The monoisotopic (exact) mass is 207 g/mol. The lowest BCUT2D eigenvalue weighted by Gasteiger charge is -2.21. The minimum Gasteiger partial charge on any atom is -0.367 e. The van der Waals surface area contributed by atoms with E-state index in [4.69, 9.17) is 4.74 Å². The fourth-order valence-corrected chi connectivity index (χ4v) is 1.89. The van der Waals surface area contributed by atoms with Gasteiger partial charge in [0.05, 0.1) is 5.69 Å². The summed E-state index contributed by atoms with van der Waals surface area (Å²) in [6.45, 7) is 3.65. The van der Waals surface area contributed by atoms with Crippen molar-refractivity contribution in [3.8, 4) is 0 Å². The molecule has 1 saturated heterocycles. The van der Waals surface area contributed by atoms with Crippen LogP contribution in [0.3, 0.4) is 0 Å². The summed E-state index contributed by atoms with van der Waals surface area (Å²) in [5, 5.41) is 3.08. The highest BCUT2D eigenvalue weighted by Gasteiger charge is 2.34. The minimum atomic E-state index is -0.274. The standard InChI is InChI=1S/C11H17N3O/c1-11(5-3-7-15-11)10-13-6-4-9(14-10)8-12-2/h4,6,12H,3,5,7-8H2,1-2H3. The van der Waals surface area contributed by atoms with Gasteiger partial charge in [-0.25, -0.2) is 9.97 Å². The molecule has 0 aromatic carbocycles. The topological polar surface area (TPSA) is 47.0 Å². The Morgan fingerprint density at radius 2 is 2.47 bits per heavy atom. The van der Waals surface area contributed by atoms with Crippen LogP contribution in [0.15, 0.2) is 12.3 Å². The molecule has 4 nitrogen and oxygen atoms in total. The van der Waals surface area contributed by atoms with Crippen molar-refractivity contribution in [1.82, 2.24) is 15.3 Å². The third-order valence-corrected chi connectivity index (χ3v) is 2.76. The zero-order chi connectivity index (χ0) is 10.7. The largest absolute Gasteiger partial charge is 0.367 e. The molecule has 1 unspecified atom stereocenters. The van der Waals surface area contributed by atoms with Crippen molar-refractivity contribution in [1.29, 1.82) is 0 Å². The van der Waals surface area contributed by atoms with Crippen molar-refractivity contribution >= 4 is 0 Å². The first-order valence-electron chi connectivity index (χ1n) is 5.35. The predicted octanol–water partition coefficient (Wildman–Crippen LogP) is 1.22. The van der Waals surface area contributed by atoms with Crippen LogP contribution in [0.2, 0.25) is 0 Å². The van der Waals surface area contributed by atoms with Gasteiger partial charge in [-0.1, -0.05) is 0 Å². The highest BCUT2D eigenvalue weighted by molar-refractivity contribution is 5.08. The maximum absolute atomic E-state index is 5.71. The first-order chi connectivity index (χ1) is 7.24. The zero-order valence-electron chi connectivity index (χ0n) is 9.29. The van der Waals surface area contributed by atoms with Crippen LogP contribution in [0.5, 0.6) is 0 Å². The number of rotatable bonds is 3. The van der Waals surface area contributed by atoms with E-state index in [2.05, 4.69) is 22.2 Å². The van der Waals surface area contributed by atoms with Gasteiger partial charge >= 0.3 is 0 Å². The molecule has 1 aliphatic heterocycles. The number of hydrogen-bond donors (Lipinski definition) is 1. The molecule has 0 amide bonds. The molecule has 82 valence electrons. The lowest BCUT2D eigenvalue weighted by atomic mass is 10.0. The van der Waals surface area contributed by atoms with E-state index in [9.17, 15) is 0 Å². The van der Waals surface area contributed by atoms with Gasteiger partial charge in [0.1, 0.15) is 5.60 Å². The van der Waals surface area contributed by atoms with Gasteiger partial charge in [-0.3, -0.25) is 0 Å². The molecular weight excluding hydrogens is 190 g/mol. The molecule has 1 aliphatic rings. The molecule has 0 radical (unpaired) electrons. The summed E-state index contributed by atoms with van der Waals surface area (Å²) in [7, 11) is 1.91. The molecular formula is C11H17N3O. The quantitative estimate of drug-likeness (QED) is 0.809. The van der Waals surface area contributed by atoms with Crippen molar-refractivity contribution < 1.29 is 4.74 Å². The molecule has 4 heteroatoms. The number of nitrogens with one attached hydrogen (secondary N) is 1. The highest BCUT2D eigenvalue weighted by atomic mass is 16.5. The molecule has 1 fully saturated rings. The summed E-state index contributed by atoms with van der Waals surface area (Å²) in [4.78, 5) is 8.83. The maximum Gasteiger partial charge on any atom is 0.160 e. The van der Waals surface area contributed by atoms with Crippen LogP contribution in [-0.2, 0) is 16.9 Å². The molecule has 1 N–H and O–H groups in total. The summed E-state index contributed by atoms with van der Waals surface area (Å²) < 4.78 is 5.71. The average molecular weight is 207 g/mol. The lowest BCUT2D eigenvalue weighted by molar-refractivity contribution is 0.00913. The van der Waals surface area contributed by atoms with Gasteiger partial charge in [-0.15, -0.1) is 0 Å². The minimum absolute atomic E-state index is 0.274. The van der Waals surface area contributed by atoms with E-state index in [0.717, 1.165) is 37.5 Å². The second-order valence-electron chi connectivity index (χ2n) is 4.08. The summed E-state index contributed by atoms with van der Waals surface area (Å²) in [5.41, 5.74) is 0.739. The normalized spacial score (nSPS) is 25.7. The van der Waals surface area contributed by atoms with Crippen molar-refractivity contribution in [2.45, 2.75) is 31.9 Å². The second kappa shape index (κ2) is 4.24. The fourth-order valence-electron chi connectivity index (χ4n) is 1.89. The SMILES string of the molecule is CNCc1ccnc(C2(C)CCCO2)n1. The van der Waals surface area contributed by atoms with Crippen LogP contribution in [0, 0.1) is 0 Å². The van der Waals surface area contributed by atoms with E-state index in [1.54, 1.807) is 0 Å². The van der Waals surface area contributed by atoms with E-state index in [1.807, 2.05) is 19.3 Å². The van der Waals surface area contributed by atoms with Gasteiger partial charge in [0.15, 0.2) is 5.82 Å². The van der Waals surface area contributed by atoms with Crippen LogP contribution in [0.4, 0.5) is 0 Å². The fraction of sp³-hybridized carbons (Fsp3) is 0.636. The Morgan fingerprint density at radius 3 is 3.13 bits per heavy atom. The molecule has 2 heterocycles. The Hall–Kier alpha value is -1.00. The van der Waals surface area contributed by atoms with E-state index >= 15 is 0 Å².